The molecule has 2 nitrogen and oxygen atoms in total. The lowest BCUT2D eigenvalue weighted by molar-refractivity contribution is 0.402. The fourth-order valence-corrected chi connectivity index (χ4v) is 2.80. The average Bonchev–Trinajstić information content (AvgIpc) is 2.66. The quantitative estimate of drug-likeness (QED) is 0.763. The summed E-state index contributed by atoms with van der Waals surface area (Å²) in [6.07, 6.45) is 2.08. The van der Waals surface area contributed by atoms with Crippen LogP contribution in [0.2, 0.25) is 5.15 Å². The van der Waals surface area contributed by atoms with Crippen molar-refractivity contribution in [3.05, 3.63) is 40.9 Å². The molecule has 0 saturated carbocycles. The maximum Gasteiger partial charge on any atom is 0.150 e. The monoisotopic (exact) mass is 264 g/mol. The molecule has 2 heterocycles. The first-order valence-corrected chi connectivity index (χ1v) is 6.54. The van der Waals surface area contributed by atoms with Crippen molar-refractivity contribution in [1.82, 2.24) is 9.55 Å². The van der Waals surface area contributed by atoms with Gasteiger partial charge >= 0.3 is 0 Å². The molecule has 1 unspecified atom stereocenters. The average molecular weight is 265 g/mol. The van der Waals surface area contributed by atoms with Gasteiger partial charge in [0, 0.05) is 12.1 Å². The zero-order chi connectivity index (χ0) is 12.7. The topological polar surface area (TPSA) is 17.8 Å². The number of benzene rings is 1. The smallest absolute Gasteiger partial charge is 0.150 e. The van der Waals surface area contributed by atoms with Gasteiger partial charge < -0.3 is 4.57 Å². The minimum Gasteiger partial charge on any atom is -0.326 e. The zero-order valence-electron chi connectivity index (χ0n) is 10.2. The van der Waals surface area contributed by atoms with E-state index in [2.05, 4.69) is 16.5 Å². The number of hydrogen-bond donors (Lipinski definition) is 0. The lowest BCUT2D eigenvalue weighted by Crippen LogP contribution is -2.18. The van der Waals surface area contributed by atoms with Gasteiger partial charge in [-0.15, -0.1) is 0 Å². The van der Waals surface area contributed by atoms with E-state index in [1.807, 2.05) is 6.07 Å². The number of hydrogen-bond acceptors (Lipinski definition) is 1. The maximum absolute atomic E-state index is 13.3. The van der Waals surface area contributed by atoms with Crippen LogP contribution in [0.3, 0.4) is 0 Å². The number of fused-ring (bicyclic) bond motifs is 1. The molecular formula is C14H14ClFN2. The highest BCUT2D eigenvalue weighted by Crippen LogP contribution is 2.31. The van der Waals surface area contributed by atoms with Crippen molar-refractivity contribution < 1.29 is 4.39 Å². The van der Waals surface area contributed by atoms with Crippen molar-refractivity contribution in [2.75, 3.05) is 0 Å². The summed E-state index contributed by atoms with van der Waals surface area (Å²) >= 11 is 6.17. The van der Waals surface area contributed by atoms with E-state index in [4.69, 9.17) is 11.6 Å². The van der Waals surface area contributed by atoms with Crippen LogP contribution in [-0.2, 0) is 13.0 Å². The van der Waals surface area contributed by atoms with E-state index in [0.29, 0.717) is 11.1 Å². The van der Waals surface area contributed by atoms with Crippen LogP contribution >= 0.6 is 11.6 Å². The Labute approximate surface area is 110 Å². The van der Waals surface area contributed by atoms with Crippen molar-refractivity contribution in [3.8, 4) is 11.4 Å². The number of imidazole rings is 1. The van der Waals surface area contributed by atoms with Crippen LogP contribution in [-0.4, -0.2) is 9.55 Å². The lowest BCUT2D eigenvalue weighted by Gasteiger charge is -2.22. The first-order chi connectivity index (χ1) is 8.65. The largest absolute Gasteiger partial charge is 0.326 e. The number of nitrogens with zero attached hydrogens (tertiary/aromatic N) is 2. The number of halogens is 2. The molecule has 0 N–H and O–H groups in total. The molecule has 18 heavy (non-hydrogen) atoms. The van der Waals surface area contributed by atoms with E-state index < -0.39 is 0 Å². The van der Waals surface area contributed by atoms with E-state index >= 15 is 0 Å². The van der Waals surface area contributed by atoms with Crippen molar-refractivity contribution >= 4 is 11.6 Å². The first-order valence-electron chi connectivity index (χ1n) is 6.16. The molecule has 0 spiro atoms. The Bertz CT molecular complexity index is 591. The highest BCUT2D eigenvalue weighted by molar-refractivity contribution is 6.30. The molecule has 1 aromatic heterocycles. The molecule has 1 atom stereocenters. The van der Waals surface area contributed by atoms with Gasteiger partial charge in [0.15, 0.2) is 5.15 Å². The summed E-state index contributed by atoms with van der Waals surface area (Å²) in [5.74, 6) is 1.14. The summed E-state index contributed by atoms with van der Waals surface area (Å²) in [4.78, 5) is 4.40. The van der Waals surface area contributed by atoms with Crippen LogP contribution in [0, 0.1) is 11.7 Å². The number of rotatable bonds is 1. The van der Waals surface area contributed by atoms with E-state index in [9.17, 15) is 4.39 Å². The van der Waals surface area contributed by atoms with E-state index in [-0.39, 0.29) is 5.82 Å². The van der Waals surface area contributed by atoms with Gasteiger partial charge in [0.2, 0.25) is 0 Å². The first kappa shape index (κ1) is 11.7. The highest BCUT2D eigenvalue weighted by atomic mass is 35.5. The third-order valence-electron chi connectivity index (χ3n) is 3.47. The van der Waals surface area contributed by atoms with Gasteiger partial charge in [-0.05, 0) is 30.9 Å². The van der Waals surface area contributed by atoms with Crippen LogP contribution in [0.5, 0.6) is 0 Å². The SMILES string of the molecule is CC1CCc2c(Cl)nc(-c3cccc(F)c3)n2C1. The molecule has 0 amide bonds. The summed E-state index contributed by atoms with van der Waals surface area (Å²) in [6, 6.07) is 6.51. The predicted molar refractivity (Wildman–Crippen MR) is 70.1 cm³/mol. The van der Waals surface area contributed by atoms with E-state index in [1.54, 1.807) is 6.07 Å². The molecule has 0 aliphatic carbocycles. The van der Waals surface area contributed by atoms with Crippen molar-refractivity contribution in [3.63, 3.8) is 0 Å². The molecule has 1 aliphatic heterocycles. The summed E-state index contributed by atoms with van der Waals surface area (Å²) < 4.78 is 15.4. The zero-order valence-corrected chi connectivity index (χ0v) is 10.9. The van der Waals surface area contributed by atoms with Gasteiger partial charge in [-0.25, -0.2) is 9.37 Å². The molecule has 4 heteroatoms. The minimum atomic E-state index is -0.246. The molecule has 1 aromatic carbocycles. The van der Waals surface area contributed by atoms with Crippen LogP contribution in [0.15, 0.2) is 24.3 Å². The predicted octanol–water partition coefficient (Wildman–Crippen LogP) is 3.92. The van der Waals surface area contributed by atoms with E-state index in [1.165, 1.54) is 12.1 Å². The molecule has 2 aromatic rings. The van der Waals surface area contributed by atoms with Crippen LogP contribution in [0.4, 0.5) is 4.39 Å². The second-order valence-electron chi connectivity index (χ2n) is 4.94. The maximum atomic E-state index is 13.3. The molecule has 3 rings (SSSR count). The lowest BCUT2D eigenvalue weighted by atomic mass is 10.00. The molecule has 0 bridgehead atoms. The standard InChI is InChI=1S/C14H14ClFN2/c1-9-5-6-12-13(15)17-14(18(12)8-9)10-3-2-4-11(16)7-10/h2-4,7,9H,5-6,8H2,1H3. The molecule has 94 valence electrons. The third kappa shape index (κ3) is 1.93. The summed E-state index contributed by atoms with van der Waals surface area (Å²) in [5, 5.41) is 0.557. The second kappa shape index (κ2) is 4.39. The molecular weight excluding hydrogens is 251 g/mol. The van der Waals surface area contributed by atoms with Gasteiger partial charge in [-0.1, -0.05) is 30.7 Å². The summed E-state index contributed by atoms with van der Waals surface area (Å²) in [7, 11) is 0. The Hall–Kier alpha value is -1.35. The summed E-state index contributed by atoms with van der Waals surface area (Å²) in [6.45, 7) is 3.12. The highest BCUT2D eigenvalue weighted by Gasteiger charge is 2.23. The Balaban J connectivity index is 2.13. The van der Waals surface area contributed by atoms with Crippen LogP contribution in [0.1, 0.15) is 19.0 Å². The van der Waals surface area contributed by atoms with Gasteiger partial charge in [-0.2, -0.15) is 0 Å². The minimum absolute atomic E-state index is 0.246. The number of aromatic nitrogens is 2. The molecule has 0 radical (unpaired) electrons. The fourth-order valence-electron chi connectivity index (χ4n) is 2.53. The van der Waals surface area contributed by atoms with Crippen molar-refractivity contribution in [2.45, 2.75) is 26.3 Å². The molecule has 0 saturated heterocycles. The van der Waals surface area contributed by atoms with Crippen LogP contribution in [0.25, 0.3) is 11.4 Å². The second-order valence-corrected chi connectivity index (χ2v) is 5.30. The van der Waals surface area contributed by atoms with Gasteiger partial charge in [0.05, 0.1) is 5.69 Å². The van der Waals surface area contributed by atoms with Gasteiger partial charge in [0.25, 0.3) is 0 Å². The van der Waals surface area contributed by atoms with E-state index in [0.717, 1.165) is 36.5 Å². The Morgan fingerprint density at radius 1 is 1.44 bits per heavy atom. The normalized spacial score (nSPS) is 18.7. The van der Waals surface area contributed by atoms with Crippen molar-refractivity contribution in [2.24, 2.45) is 5.92 Å². The fraction of sp³-hybridized carbons (Fsp3) is 0.357. The van der Waals surface area contributed by atoms with Gasteiger partial charge in [0.1, 0.15) is 11.6 Å². The van der Waals surface area contributed by atoms with Crippen LogP contribution < -0.4 is 0 Å². The molecule has 0 fully saturated rings. The Morgan fingerprint density at radius 2 is 2.28 bits per heavy atom. The Morgan fingerprint density at radius 3 is 3.06 bits per heavy atom. The third-order valence-corrected chi connectivity index (χ3v) is 3.78. The van der Waals surface area contributed by atoms with Crippen molar-refractivity contribution in [1.29, 1.82) is 0 Å². The molecule has 1 aliphatic rings. The summed E-state index contributed by atoms with van der Waals surface area (Å²) in [5.41, 5.74) is 1.87. The van der Waals surface area contributed by atoms with Gasteiger partial charge in [-0.3, -0.25) is 0 Å². The Kier molecular flexibility index (Phi) is 2.86.